The van der Waals surface area contributed by atoms with Crippen molar-refractivity contribution < 1.29 is 0 Å². The van der Waals surface area contributed by atoms with Crippen LogP contribution in [-0.2, 0) is 0 Å². The van der Waals surface area contributed by atoms with Gasteiger partial charge < -0.3 is 20.0 Å². The molecule has 0 aliphatic rings. The summed E-state index contributed by atoms with van der Waals surface area (Å²) in [4.78, 5) is 29.3. The lowest BCUT2D eigenvalue weighted by Gasteiger charge is -2.27. The number of hydrogen-bond acceptors (Lipinski definition) is 17. The maximum atomic E-state index is 9.05. The van der Waals surface area contributed by atoms with Crippen LogP contribution in [0.4, 0.5) is 17.8 Å². The quantitative estimate of drug-likeness (QED) is 0.156. The first-order chi connectivity index (χ1) is 24.7. The molecule has 0 aliphatic carbocycles. The fraction of sp³-hybridized carbons (Fsp3) is 0.516. The van der Waals surface area contributed by atoms with Gasteiger partial charge in [-0.2, -0.15) is 66.7 Å². The van der Waals surface area contributed by atoms with Gasteiger partial charge in [-0.05, 0) is 34.8 Å². The summed E-state index contributed by atoms with van der Waals surface area (Å²) in [6.07, 6.45) is 7.97. The lowest BCUT2D eigenvalue weighted by Crippen LogP contribution is -2.34. The minimum Gasteiger partial charge on any atom is -0.339 e. The average molecular weight is 751 g/mol. The maximum absolute atomic E-state index is 9.05. The molecule has 2 heterocycles. The van der Waals surface area contributed by atoms with Crippen molar-refractivity contribution in [3.8, 4) is 54.8 Å². The van der Waals surface area contributed by atoms with E-state index in [1.54, 1.807) is 14.7 Å². The second-order valence-corrected chi connectivity index (χ2v) is 10.4. The van der Waals surface area contributed by atoms with Crippen molar-refractivity contribution in [3.63, 3.8) is 0 Å². The first kappa shape index (κ1) is 45.2. The lowest BCUT2D eigenvalue weighted by molar-refractivity contribution is 0.704. The predicted molar refractivity (Wildman–Crippen MR) is 189 cm³/mol. The van der Waals surface area contributed by atoms with Crippen LogP contribution in [0.15, 0.2) is 0 Å². The van der Waals surface area contributed by atoms with Gasteiger partial charge in [0.1, 0.15) is 0 Å². The van der Waals surface area contributed by atoms with Crippen molar-refractivity contribution >= 4 is 52.6 Å². The Morgan fingerprint density at radius 2 is 0.686 bits per heavy atom. The summed E-state index contributed by atoms with van der Waals surface area (Å²) in [6.45, 7) is 3.44. The van der Waals surface area contributed by atoms with E-state index in [1.807, 2.05) is 12.1 Å². The molecule has 51 heavy (non-hydrogen) atoms. The number of terminal acetylenes is 1. The molecule has 0 amide bonds. The fourth-order valence-corrected chi connectivity index (χ4v) is 4.15. The Kier molecular flexibility index (Phi) is 26.9. The molecule has 2 aromatic rings. The van der Waals surface area contributed by atoms with E-state index in [0.29, 0.717) is 77.6 Å². The zero-order valence-electron chi connectivity index (χ0n) is 27.7. The Labute approximate surface area is 312 Å². The molecule has 0 spiro atoms. The third-order valence-corrected chi connectivity index (χ3v) is 6.33. The highest BCUT2D eigenvalue weighted by Crippen LogP contribution is 2.21. The highest BCUT2D eigenvalue weighted by atomic mass is 35.5. The Morgan fingerprint density at radius 1 is 0.431 bits per heavy atom. The number of halogens is 3. The van der Waals surface area contributed by atoms with Crippen molar-refractivity contribution in [1.29, 1.82) is 36.8 Å². The van der Waals surface area contributed by atoms with Crippen LogP contribution in [0.1, 0.15) is 51.4 Å². The second kappa shape index (κ2) is 30.3. The number of nitrogens with zero attached hydrogens (tertiary/aromatic N) is 16. The fourth-order valence-electron chi connectivity index (χ4n) is 3.54. The largest absolute Gasteiger partial charge is 0.339 e. The summed E-state index contributed by atoms with van der Waals surface area (Å²) in [6, 6.07) is 14.4. The van der Waals surface area contributed by atoms with Crippen LogP contribution in [0.3, 0.4) is 0 Å². The van der Waals surface area contributed by atoms with E-state index in [4.69, 9.17) is 78.1 Å². The van der Waals surface area contributed by atoms with E-state index in [-0.39, 0.29) is 59.9 Å². The standard InChI is InChI=1S/C22H25N11.C6H9N3.C3Cl3N3/c1-2-3-14-31(15-4-9-23)20-28-21(32(16-5-10-24)17-6-11-25)30-22(29-20)33(18-7-12-26)19-8-13-27;7-3-1-5-9-6-2-4-8;4-1-7-2(5)9-3(6)8-1/h1H,3-8,14-19H2;9H,1-2,5-6H2;. The van der Waals surface area contributed by atoms with Gasteiger partial charge >= 0.3 is 0 Å². The molecule has 0 saturated carbocycles. The molecule has 20 heteroatoms. The zero-order chi connectivity index (χ0) is 38.1. The Morgan fingerprint density at radius 3 is 0.922 bits per heavy atom. The van der Waals surface area contributed by atoms with Crippen molar-refractivity contribution in [2.75, 3.05) is 67.1 Å². The molecular formula is C31H34Cl3N17. The van der Waals surface area contributed by atoms with E-state index in [2.05, 4.69) is 71.5 Å². The number of rotatable bonds is 19. The van der Waals surface area contributed by atoms with Gasteiger partial charge in [-0.3, -0.25) is 0 Å². The topological polar surface area (TPSA) is 266 Å². The van der Waals surface area contributed by atoms with Crippen molar-refractivity contribution in [1.82, 2.24) is 35.2 Å². The number of hydrogen-bond donors (Lipinski definition) is 1. The van der Waals surface area contributed by atoms with E-state index >= 15 is 0 Å². The van der Waals surface area contributed by atoms with Crippen LogP contribution in [0.25, 0.3) is 0 Å². The maximum Gasteiger partial charge on any atom is 0.232 e. The smallest absolute Gasteiger partial charge is 0.232 e. The van der Waals surface area contributed by atoms with Gasteiger partial charge in [-0.1, -0.05) is 0 Å². The van der Waals surface area contributed by atoms with Crippen LogP contribution >= 0.6 is 34.8 Å². The third kappa shape index (κ3) is 21.8. The summed E-state index contributed by atoms with van der Waals surface area (Å²) >= 11 is 16.0. The van der Waals surface area contributed by atoms with Gasteiger partial charge in [-0.15, -0.1) is 12.3 Å². The molecule has 0 atom stereocenters. The van der Waals surface area contributed by atoms with Crippen LogP contribution in [-0.4, -0.2) is 82.3 Å². The van der Waals surface area contributed by atoms with E-state index in [1.165, 1.54) is 0 Å². The molecule has 0 unspecified atom stereocenters. The van der Waals surface area contributed by atoms with E-state index in [0.717, 1.165) is 0 Å². The van der Waals surface area contributed by atoms with Crippen molar-refractivity contribution in [2.24, 2.45) is 0 Å². The van der Waals surface area contributed by atoms with Gasteiger partial charge in [0.2, 0.25) is 33.7 Å². The molecule has 0 radical (unpaired) electrons. The predicted octanol–water partition coefficient (Wildman–Crippen LogP) is 4.12. The van der Waals surface area contributed by atoms with Crippen LogP contribution in [0.2, 0.25) is 15.9 Å². The van der Waals surface area contributed by atoms with Gasteiger partial charge in [0, 0.05) is 71.6 Å². The van der Waals surface area contributed by atoms with Crippen molar-refractivity contribution in [3.05, 3.63) is 15.9 Å². The van der Waals surface area contributed by atoms with Crippen LogP contribution < -0.4 is 20.0 Å². The second-order valence-electron chi connectivity index (χ2n) is 9.40. The number of aromatic nitrogens is 6. The summed E-state index contributed by atoms with van der Waals surface area (Å²) in [5, 5.41) is 64.3. The van der Waals surface area contributed by atoms with Gasteiger partial charge in [-0.25, -0.2) is 0 Å². The van der Waals surface area contributed by atoms with Gasteiger partial charge in [0.25, 0.3) is 0 Å². The van der Waals surface area contributed by atoms with E-state index < -0.39 is 0 Å². The number of nitrogens with one attached hydrogen (secondary N) is 1. The van der Waals surface area contributed by atoms with Crippen LogP contribution in [0, 0.1) is 91.7 Å². The lowest BCUT2D eigenvalue weighted by atomic mass is 10.3. The van der Waals surface area contributed by atoms with Gasteiger partial charge in [0.05, 0.1) is 74.6 Å². The van der Waals surface area contributed by atoms with E-state index in [9.17, 15) is 0 Å². The molecule has 2 rings (SSSR count). The Bertz CT molecular complexity index is 1400. The van der Waals surface area contributed by atoms with Gasteiger partial charge in [0.15, 0.2) is 0 Å². The number of anilines is 3. The average Bonchev–Trinajstić information content (AvgIpc) is 3.11. The molecule has 0 saturated heterocycles. The molecule has 17 nitrogen and oxygen atoms in total. The molecule has 0 fully saturated rings. The molecule has 0 bridgehead atoms. The third-order valence-electron chi connectivity index (χ3n) is 5.82. The first-order valence-electron chi connectivity index (χ1n) is 15.2. The van der Waals surface area contributed by atoms with Crippen molar-refractivity contribution in [2.45, 2.75) is 51.4 Å². The highest BCUT2D eigenvalue weighted by Gasteiger charge is 2.20. The summed E-state index contributed by atoms with van der Waals surface area (Å²) in [5.74, 6) is 3.43. The van der Waals surface area contributed by atoms with Crippen LogP contribution in [0.5, 0.6) is 0 Å². The molecular weight excluding hydrogens is 717 g/mol. The number of nitriles is 7. The monoisotopic (exact) mass is 749 g/mol. The molecule has 264 valence electrons. The molecule has 2 aromatic heterocycles. The Balaban J connectivity index is 0.00000112. The molecule has 0 aliphatic heterocycles. The highest BCUT2D eigenvalue weighted by molar-refractivity contribution is 6.33. The molecule has 0 aromatic carbocycles. The molecule has 1 N–H and O–H groups in total. The summed E-state index contributed by atoms with van der Waals surface area (Å²) < 4.78 is 0. The zero-order valence-corrected chi connectivity index (χ0v) is 29.9. The first-order valence-corrected chi connectivity index (χ1v) is 16.3. The minimum absolute atomic E-state index is 0.000000000000000444. The summed E-state index contributed by atoms with van der Waals surface area (Å²) in [5.41, 5.74) is 0. The Hall–Kier alpha value is -5.76. The SMILES string of the molecule is C#CCCN(CCC#N)c1nc(N(CCC#N)CCC#N)nc(N(CCC#N)CCC#N)n1.Clc1nc(Cl)nc(Cl)n1.N#CCCNCCC#N. The minimum atomic E-state index is 0.000000000000000444. The summed E-state index contributed by atoms with van der Waals surface area (Å²) in [7, 11) is 0. The normalized spacial score (nSPS) is 9.08.